The Kier molecular flexibility index (Phi) is 6.84. The number of carbonyl (C=O) groups excluding carboxylic acids is 1. The van der Waals surface area contributed by atoms with Crippen LogP contribution in [0.2, 0.25) is 0 Å². The maximum atomic E-state index is 13.4. The van der Waals surface area contributed by atoms with Crippen molar-refractivity contribution in [2.45, 2.75) is 25.0 Å². The summed E-state index contributed by atoms with van der Waals surface area (Å²) in [5.41, 5.74) is 3.71. The first-order valence-electron chi connectivity index (χ1n) is 10.7. The Morgan fingerprint density at radius 1 is 1.12 bits per heavy atom. The van der Waals surface area contributed by atoms with E-state index in [1.54, 1.807) is 35.9 Å². The van der Waals surface area contributed by atoms with Gasteiger partial charge in [0.25, 0.3) is 5.56 Å². The third kappa shape index (κ3) is 4.80. The number of amides is 1. The van der Waals surface area contributed by atoms with E-state index in [1.165, 1.54) is 11.8 Å². The van der Waals surface area contributed by atoms with E-state index in [0.29, 0.717) is 28.4 Å². The van der Waals surface area contributed by atoms with E-state index < -0.39 is 0 Å². The van der Waals surface area contributed by atoms with Crippen LogP contribution in [-0.2, 0) is 18.4 Å². The van der Waals surface area contributed by atoms with Crippen molar-refractivity contribution < 1.29 is 9.53 Å². The number of nitrogens with one attached hydrogen (secondary N) is 1. The first kappa shape index (κ1) is 22.7. The van der Waals surface area contributed by atoms with E-state index in [0.717, 1.165) is 23.3 Å². The lowest BCUT2D eigenvalue weighted by Gasteiger charge is -2.12. The highest BCUT2D eigenvalue weighted by Gasteiger charge is 2.19. The molecule has 0 aliphatic rings. The number of rotatable bonds is 8. The first-order chi connectivity index (χ1) is 16.0. The van der Waals surface area contributed by atoms with Crippen LogP contribution >= 0.6 is 11.8 Å². The van der Waals surface area contributed by atoms with Gasteiger partial charge in [0.1, 0.15) is 16.8 Å². The zero-order chi connectivity index (χ0) is 23.4. The van der Waals surface area contributed by atoms with Crippen LogP contribution in [0.1, 0.15) is 13.3 Å². The van der Waals surface area contributed by atoms with Crippen molar-refractivity contribution in [3.05, 3.63) is 71.1 Å². The Hall–Kier alpha value is -3.52. The van der Waals surface area contributed by atoms with Crippen molar-refractivity contribution >= 4 is 34.4 Å². The zero-order valence-corrected chi connectivity index (χ0v) is 19.7. The van der Waals surface area contributed by atoms with Gasteiger partial charge in [0, 0.05) is 31.0 Å². The molecule has 1 amide bonds. The first-order valence-corrected chi connectivity index (χ1v) is 11.7. The molecule has 2 aromatic heterocycles. The number of hydrogen-bond donors (Lipinski definition) is 1. The predicted octanol–water partition coefficient (Wildman–Crippen LogP) is 4.55. The fourth-order valence-electron chi connectivity index (χ4n) is 3.71. The Labute approximate surface area is 196 Å². The lowest BCUT2D eigenvalue weighted by molar-refractivity contribution is -0.113. The summed E-state index contributed by atoms with van der Waals surface area (Å²) in [5, 5.41) is 3.42. The number of carbonyl (C=O) groups is 1. The van der Waals surface area contributed by atoms with Gasteiger partial charge in [0.2, 0.25) is 5.91 Å². The second kappa shape index (κ2) is 9.95. The molecule has 0 aliphatic heterocycles. The van der Waals surface area contributed by atoms with E-state index in [2.05, 4.69) is 5.32 Å². The van der Waals surface area contributed by atoms with Gasteiger partial charge >= 0.3 is 0 Å². The van der Waals surface area contributed by atoms with Crippen LogP contribution in [0.4, 0.5) is 5.69 Å². The van der Waals surface area contributed by atoms with Crippen molar-refractivity contribution in [1.29, 1.82) is 0 Å². The fraction of sp³-hybridized carbons (Fsp3) is 0.240. The molecule has 0 fully saturated rings. The molecule has 0 atom stereocenters. The fourth-order valence-corrected chi connectivity index (χ4v) is 4.53. The number of aromatic nitrogens is 3. The molecule has 1 N–H and O–H groups in total. The van der Waals surface area contributed by atoms with Crippen LogP contribution in [0.5, 0.6) is 5.75 Å². The third-order valence-electron chi connectivity index (χ3n) is 5.28. The van der Waals surface area contributed by atoms with Gasteiger partial charge in [0.05, 0.1) is 12.9 Å². The molecule has 2 aromatic carbocycles. The van der Waals surface area contributed by atoms with E-state index >= 15 is 0 Å². The monoisotopic (exact) mass is 462 g/mol. The molecule has 0 spiro atoms. The number of aryl methyl sites for hydroxylation is 1. The Morgan fingerprint density at radius 2 is 1.85 bits per heavy atom. The average molecular weight is 463 g/mol. The third-order valence-corrected chi connectivity index (χ3v) is 6.26. The molecular formula is C25H26N4O3S. The van der Waals surface area contributed by atoms with Crippen molar-refractivity contribution in [3.63, 3.8) is 0 Å². The van der Waals surface area contributed by atoms with Crippen LogP contribution in [0.15, 0.2) is 70.7 Å². The molecule has 0 saturated heterocycles. The summed E-state index contributed by atoms with van der Waals surface area (Å²) in [6.45, 7) is 2.55. The van der Waals surface area contributed by atoms with Gasteiger partial charge in [-0.3, -0.25) is 14.2 Å². The molecule has 170 valence electrons. The van der Waals surface area contributed by atoms with E-state index in [4.69, 9.17) is 9.72 Å². The average Bonchev–Trinajstić information content (AvgIpc) is 3.17. The number of nitrogens with zero attached hydrogens (tertiary/aromatic N) is 3. The van der Waals surface area contributed by atoms with Gasteiger partial charge in [-0.15, -0.1) is 0 Å². The molecule has 33 heavy (non-hydrogen) atoms. The number of thioether (sulfide) groups is 1. The quantitative estimate of drug-likeness (QED) is 0.307. The van der Waals surface area contributed by atoms with Gasteiger partial charge in [-0.25, -0.2) is 4.98 Å². The van der Waals surface area contributed by atoms with Gasteiger partial charge in [-0.1, -0.05) is 49.0 Å². The van der Waals surface area contributed by atoms with E-state index in [-0.39, 0.29) is 17.2 Å². The zero-order valence-electron chi connectivity index (χ0n) is 18.9. The normalized spacial score (nSPS) is 11.0. The lowest BCUT2D eigenvalue weighted by atomic mass is 10.1. The highest BCUT2D eigenvalue weighted by Crippen LogP contribution is 2.29. The maximum absolute atomic E-state index is 13.4. The van der Waals surface area contributed by atoms with Crippen molar-refractivity contribution in [1.82, 2.24) is 14.1 Å². The topological polar surface area (TPSA) is 78.2 Å². The minimum absolute atomic E-state index is 0.0930. The number of fused-ring (bicyclic) bond motifs is 1. The minimum atomic E-state index is -0.168. The highest BCUT2D eigenvalue weighted by atomic mass is 32.2. The number of hydrogen-bond acceptors (Lipinski definition) is 5. The second-order valence-corrected chi connectivity index (χ2v) is 8.58. The van der Waals surface area contributed by atoms with Crippen molar-refractivity contribution in [2.75, 3.05) is 18.2 Å². The number of benzene rings is 2. The number of methoxy groups -OCH3 is 1. The Balaban J connectivity index is 1.64. The SMILES string of the molecule is CCCn1c(SCC(=O)Nc2ccc(OC)cc2)nc2c(-c3ccccc3)cn(C)c2c1=O. The molecule has 4 rings (SSSR count). The summed E-state index contributed by atoms with van der Waals surface area (Å²) >= 11 is 1.27. The molecule has 4 aromatic rings. The van der Waals surface area contributed by atoms with Gasteiger partial charge in [-0.05, 0) is 36.2 Å². The minimum Gasteiger partial charge on any atom is -0.497 e. The van der Waals surface area contributed by atoms with Crippen LogP contribution in [-0.4, -0.2) is 32.9 Å². The van der Waals surface area contributed by atoms with Crippen LogP contribution < -0.4 is 15.6 Å². The van der Waals surface area contributed by atoms with Gasteiger partial charge in [0.15, 0.2) is 5.16 Å². The molecule has 2 heterocycles. The van der Waals surface area contributed by atoms with Crippen molar-refractivity contribution in [3.8, 4) is 16.9 Å². The highest BCUT2D eigenvalue weighted by molar-refractivity contribution is 7.99. The molecule has 0 aliphatic carbocycles. The molecule has 8 heteroatoms. The summed E-state index contributed by atoms with van der Waals surface area (Å²) in [6, 6.07) is 17.0. The molecular weight excluding hydrogens is 436 g/mol. The molecule has 0 saturated carbocycles. The largest absolute Gasteiger partial charge is 0.497 e. The van der Waals surface area contributed by atoms with E-state index in [1.807, 2.05) is 55.1 Å². The van der Waals surface area contributed by atoms with Crippen LogP contribution in [0.3, 0.4) is 0 Å². The van der Waals surface area contributed by atoms with Crippen molar-refractivity contribution in [2.24, 2.45) is 7.05 Å². The van der Waals surface area contributed by atoms with E-state index in [9.17, 15) is 9.59 Å². The predicted molar refractivity (Wildman–Crippen MR) is 133 cm³/mol. The lowest BCUT2D eigenvalue weighted by Crippen LogP contribution is -2.25. The Morgan fingerprint density at radius 3 is 2.52 bits per heavy atom. The number of anilines is 1. The summed E-state index contributed by atoms with van der Waals surface area (Å²) < 4.78 is 8.65. The summed E-state index contributed by atoms with van der Waals surface area (Å²) in [5.74, 6) is 0.695. The molecule has 0 bridgehead atoms. The summed E-state index contributed by atoms with van der Waals surface area (Å²) in [6.07, 6.45) is 2.73. The van der Waals surface area contributed by atoms with Gasteiger partial charge < -0.3 is 14.6 Å². The molecule has 0 radical (unpaired) electrons. The standard InChI is InChI=1S/C25H26N4O3S/c1-4-14-29-24(31)23-22(20(15-28(23)2)17-8-6-5-7-9-17)27-25(29)33-16-21(30)26-18-10-12-19(32-3)13-11-18/h5-13,15H,4,14,16H2,1-3H3,(H,26,30). The van der Waals surface area contributed by atoms with Crippen LogP contribution in [0.25, 0.3) is 22.2 Å². The smallest absolute Gasteiger partial charge is 0.278 e. The van der Waals surface area contributed by atoms with Gasteiger partial charge in [-0.2, -0.15) is 0 Å². The molecule has 0 unspecified atom stereocenters. The van der Waals surface area contributed by atoms with Crippen LogP contribution in [0, 0.1) is 0 Å². The molecule has 7 nitrogen and oxygen atoms in total. The Bertz CT molecular complexity index is 1330. The maximum Gasteiger partial charge on any atom is 0.278 e. The second-order valence-electron chi connectivity index (χ2n) is 7.63. The summed E-state index contributed by atoms with van der Waals surface area (Å²) in [4.78, 5) is 30.8. The summed E-state index contributed by atoms with van der Waals surface area (Å²) in [7, 11) is 3.46. The number of ether oxygens (including phenoxy) is 1.